The molecule has 0 unspecified atom stereocenters. The number of rotatable bonds is 7. The minimum atomic E-state index is 0.707. The Morgan fingerprint density at radius 1 is 1.38 bits per heavy atom. The molecule has 90 valence electrons. The number of hydrogen-bond donors (Lipinski definition) is 1. The van der Waals surface area contributed by atoms with E-state index >= 15 is 0 Å². The fourth-order valence-corrected chi connectivity index (χ4v) is 1.74. The first kappa shape index (κ1) is 13.3. The van der Waals surface area contributed by atoms with Crippen LogP contribution in [-0.4, -0.2) is 19.5 Å². The number of alkyl halides is 1. The van der Waals surface area contributed by atoms with Crippen molar-refractivity contribution in [2.24, 2.45) is 0 Å². The summed E-state index contributed by atoms with van der Waals surface area (Å²) in [7, 11) is 1.71. The van der Waals surface area contributed by atoms with Gasteiger partial charge in [0.1, 0.15) is 5.75 Å². The van der Waals surface area contributed by atoms with Gasteiger partial charge in [-0.15, -0.1) is 11.6 Å². The maximum atomic E-state index is 5.62. The lowest BCUT2D eigenvalue weighted by Gasteiger charge is -2.11. The Morgan fingerprint density at radius 3 is 2.81 bits per heavy atom. The van der Waals surface area contributed by atoms with E-state index in [-0.39, 0.29) is 0 Å². The molecular formula is C13H20ClNO. The number of aryl methyl sites for hydroxylation is 1. The highest BCUT2D eigenvalue weighted by atomic mass is 35.5. The molecule has 0 aliphatic rings. The van der Waals surface area contributed by atoms with Crippen LogP contribution in [0.1, 0.15) is 24.5 Å². The van der Waals surface area contributed by atoms with Gasteiger partial charge in [-0.3, -0.25) is 0 Å². The van der Waals surface area contributed by atoms with Gasteiger partial charge in [0.05, 0.1) is 7.11 Å². The highest BCUT2D eigenvalue weighted by molar-refractivity contribution is 6.17. The van der Waals surface area contributed by atoms with Crippen molar-refractivity contribution in [3.05, 3.63) is 29.3 Å². The van der Waals surface area contributed by atoms with Crippen LogP contribution >= 0.6 is 11.6 Å². The summed E-state index contributed by atoms with van der Waals surface area (Å²) in [5.41, 5.74) is 2.56. The summed E-state index contributed by atoms with van der Waals surface area (Å²) in [5, 5.41) is 3.36. The van der Waals surface area contributed by atoms with Crippen LogP contribution in [0.25, 0.3) is 0 Å². The van der Waals surface area contributed by atoms with Gasteiger partial charge in [0, 0.05) is 18.0 Å². The average molecular weight is 242 g/mol. The Bertz CT molecular complexity index is 315. The maximum absolute atomic E-state index is 5.62. The lowest BCUT2D eigenvalue weighted by atomic mass is 10.1. The highest BCUT2D eigenvalue weighted by Gasteiger charge is 2.03. The molecule has 0 amide bonds. The molecule has 0 radical (unpaired) electrons. The third-order valence-electron chi connectivity index (χ3n) is 2.56. The predicted molar refractivity (Wildman–Crippen MR) is 69.4 cm³/mol. The second-order valence-corrected chi connectivity index (χ2v) is 4.10. The minimum absolute atomic E-state index is 0.707. The topological polar surface area (TPSA) is 21.3 Å². The van der Waals surface area contributed by atoms with Crippen LogP contribution in [-0.2, 0) is 13.0 Å². The van der Waals surface area contributed by atoms with Gasteiger partial charge in [-0.25, -0.2) is 0 Å². The molecule has 1 aromatic carbocycles. The smallest absolute Gasteiger partial charge is 0.123 e. The number of nitrogens with one attached hydrogen (secondary N) is 1. The van der Waals surface area contributed by atoms with Crippen LogP contribution in [0.15, 0.2) is 18.2 Å². The molecule has 0 bridgehead atoms. The van der Waals surface area contributed by atoms with Gasteiger partial charge >= 0.3 is 0 Å². The molecule has 0 aliphatic heterocycles. The van der Waals surface area contributed by atoms with E-state index in [1.54, 1.807) is 7.11 Å². The van der Waals surface area contributed by atoms with Gasteiger partial charge in [0.25, 0.3) is 0 Å². The molecule has 1 N–H and O–H groups in total. The van der Waals surface area contributed by atoms with Crippen LogP contribution in [0.2, 0.25) is 0 Å². The molecule has 0 aromatic heterocycles. The first-order chi connectivity index (χ1) is 7.81. The lowest BCUT2D eigenvalue weighted by Crippen LogP contribution is -2.15. The van der Waals surface area contributed by atoms with Gasteiger partial charge in [-0.2, -0.15) is 0 Å². The fourth-order valence-electron chi connectivity index (χ4n) is 1.60. The quantitative estimate of drug-likeness (QED) is 0.586. The van der Waals surface area contributed by atoms with Gasteiger partial charge in [0.15, 0.2) is 0 Å². The summed E-state index contributed by atoms with van der Waals surface area (Å²) in [4.78, 5) is 0. The van der Waals surface area contributed by atoms with E-state index in [0.29, 0.717) is 5.88 Å². The fraction of sp³-hybridized carbons (Fsp3) is 0.538. The van der Waals surface area contributed by atoms with Crippen molar-refractivity contribution in [2.75, 3.05) is 19.5 Å². The number of hydrogen-bond acceptors (Lipinski definition) is 2. The van der Waals surface area contributed by atoms with Crippen LogP contribution < -0.4 is 10.1 Å². The molecule has 1 rings (SSSR count). The number of halogens is 1. The van der Waals surface area contributed by atoms with Crippen molar-refractivity contribution in [1.82, 2.24) is 5.32 Å². The van der Waals surface area contributed by atoms with Gasteiger partial charge < -0.3 is 10.1 Å². The number of benzene rings is 1. The molecular weight excluding hydrogens is 222 g/mol. The molecule has 0 atom stereocenters. The van der Waals surface area contributed by atoms with Crippen molar-refractivity contribution >= 4 is 11.6 Å². The summed E-state index contributed by atoms with van der Waals surface area (Å²) < 4.78 is 5.34. The zero-order valence-electron chi connectivity index (χ0n) is 10.1. The molecule has 3 heteroatoms. The van der Waals surface area contributed by atoms with Crippen molar-refractivity contribution < 1.29 is 4.74 Å². The highest BCUT2D eigenvalue weighted by Crippen LogP contribution is 2.19. The second kappa shape index (κ2) is 7.53. The summed E-state index contributed by atoms with van der Waals surface area (Å²) in [5.74, 6) is 1.66. The monoisotopic (exact) mass is 241 g/mol. The molecule has 16 heavy (non-hydrogen) atoms. The van der Waals surface area contributed by atoms with E-state index in [4.69, 9.17) is 16.3 Å². The van der Waals surface area contributed by atoms with Crippen molar-refractivity contribution in [3.8, 4) is 5.75 Å². The van der Waals surface area contributed by atoms with Gasteiger partial charge in [0.2, 0.25) is 0 Å². The Hall–Kier alpha value is -0.730. The average Bonchev–Trinajstić information content (AvgIpc) is 2.34. The molecule has 0 fully saturated rings. The molecule has 0 spiro atoms. The third kappa shape index (κ3) is 4.03. The van der Waals surface area contributed by atoms with E-state index in [9.17, 15) is 0 Å². The molecule has 1 aromatic rings. The van der Waals surface area contributed by atoms with Gasteiger partial charge in [-0.05, 0) is 31.0 Å². The molecule has 0 aliphatic carbocycles. The predicted octanol–water partition coefficient (Wildman–Crippen LogP) is 2.98. The first-order valence-corrected chi connectivity index (χ1v) is 6.27. The standard InChI is InChI=1S/C13H20ClNO/c1-3-11-5-6-13(16-2)12(9-11)10-15-8-4-7-14/h5-6,9,15H,3-4,7-8,10H2,1-2H3. The van der Waals surface area contributed by atoms with E-state index in [0.717, 1.165) is 31.7 Å². The first-order valence-electron chi connectivity index (χ1n) is 5.74. The van der Waals surface area contributed by atoms with Crippen molar-refractivity contribution in [2.45, 2.75) is 26.3 Å². The molecule has 0 heterocycles. The van der Waals surface area contributed by atoms with Crippen LogP contribution in [0.4, 0.5) is 0 Å². The van der Waals surface area contributed by atoms with Crippen LogP contribution in [0.3, 0.4) is 0 Å². The normalized spacial score (nSPS) is 10.4. The summed E-state index contributed by atoms with van der Waals surface area (Å²) in [6.07, 6.45) is 2.05. The van der Waals surface area contributed by atoms with E-state index in [1.165, 1.54) is 11.1 Å². The summed E-state index contributed by atoms with van der Waals surface area (Å²) >= 11 is 5.62. The maximum Gasteiger partial charge on any atom is 0.123 e. The molecule has 2 nitrogen and oxygen atoms in total. The van der Waals surface area contributed by atoms with E-state index < -0.39 is 0 Å². The zero-order chi connectivity index (χ0) is 11.8. The van der Waals surface area contributed by atoms with Crippen molar-refractivity contribution in [3.63, 3.8) is 0 Å². The lowest BCUT2D eigenvalue weighted by molar-refractivity contribution is 0.407. The minimum Gasteiger partial charge on any atom is -0.496 e. The third-order valence-corrected chi connectivity index (χ3v) is 2.82. The van der Waals surface area contributed by atoms with Gasteiger partial charge in [-0.1, -0.05) is 19.1 Å². The van der Waals surface area contributed by atoms with E-state index in [2.05, 4.69) is 24.4 Å². The Labute approximate surface area is 103 Å². The Kier molecular flexibility index (Phi) is 6.27. The van der Waals surface area contributed by atoms with E-state index in [1.807, 2.05) is 6.07 Å². The Balaban J connectivity index is 2.60. The summed E-state index contributed by atoms with van der Waals surface area (Å²) in [6, 6.07) is 6.35. The largest absolute Gasteiger partial charge is 0.496 e. The van der Waals surface area contributed by atoms with Crippen molar-refractivity contribution in [1.29, 1.82) is 0 Å². The number of methoxy groups -OCH3 is 1. The second-order valence-electron chi connectivity index (χ2n) is 3.72. The zero-order valence-corrected chi connectivity index (χ0v) is 10.8. The molecule has 0 saturated heterocycles. The molecule has 0 saturated carbocycles. The summed E-state index contributed by atoms with van der Waals surface area (Å²) in [6.45, 7) is 3.95. The van der Waals surface area contributed by atoms with Crippen LogP contribution in [0.5, 0.6) is 5.75 Å². The SMILES string of the molecule is CCc1ccc(OC)c(CNCCCCl)c1. The number of ether oxygens (including phenoxy) is 1. The Morgan fingerprint density at radius 2 is 2.19 bits per heavy atom. The van der Waals surface area contributed by atoms with Crippen LogP contribution in [0, 0.1) is 0 Å².